The summed E-state index contributed by atoms with van der Waals surface area (Å²) in [5, 5.41) is 2.93. The van der Waals surface area contributed by atoms with Crippen molar-refractivity contribution in [2.45, 2.75) is 51.7 Å². The predicted octanol–water partition coefficient (Wildman–Crippen LogP) is 3.07. The number of rotatable bonds is 4. The van der Waals surface area contributed by atoms with Crippen molar-refractivity contribution >= 4 is 11.9 Å². The Balaban J connectivity index is 1.91. The maximum atomic E-state index is 13.5. The Kier molecular flexibility index (Phi) is 5.52. The van der Waals surface area contributed by atoms with Crippen molar-refractivity contribution in [3.63, 3.8) is 0 Å². The fourth-order valence-electron chi connectivity index (χ4n) is 2.74. The number of esters is 1. The second-order valence-corrected chi connectivity index (χ2v) is 5.90. The van der Waals surface area contributed by atoms with Crippen LogP contribution in [0.4, 0.5) is 4.39 Å². The normalized spacial score (nSPS) is 22.7. The first kappa shape index (κ1) is 16.5. The zero-order valence-corrected chi connectivity index (χ0v) is 13.0. The average molecular weight is 307 g/mol. The molecule has 1 amide bonds. The Morgan fingerprint density at radius 3 is 2.64 bits per heavy atom. The zero-order valence-electron chi connectivity index (χ0n) is 13.0. The van der Waals surface area contributed by atoms with Crippen LogP contribution in [0, 0.1) is 11.7 Å². The van der Waals surface area contributed by atoms with E-state index in [1.165, 1.54) is 31.5 Å². The second-order valence-electron chi connectivity index (χ2n) is 5.90. The van der Waals surface area contributed by atoms with Gasteiger partial charge in [-0.2, -0.15) is 0 Å². The number of hydrogen-bond acceptors (Lipinski definition) is 3. The first-order valence-corrected chi connectivity index (χ1v) is 7.75. The van der Waals surface area contributed by atoms with E-state index in [1.54, 1.807) is 6.07 Å². The minimum absolute atomic E-state index is 0.121. The van der Waals surface area contributed by atoms with Gasteiger partial charge in [-0.15, -0.1) is 0 Å². The Morgan fingerprint density at radius 1 is 1.27 bits per heavy atom. The van der Waals surface area contributed by atoms with Crippen molar-refractivity contribution in [2.24, 2.45) is 5.92 Å². The molecule has 1 aromatic rings. The van der Waals surface area contributed by atoms with Crippen LogP contribution in [0.3, 0.4) is 0 Å². The molecule has 0 heterocycles. The molecule has 120 valence electrons. The van der Waals surface area contributed by atoms with E-state index < -0.39 is 17.9 Å². The largest absolute Gasteiger partial charge is 0.449 e. The second kappa shape index (κ2) is 7.38. The van der Waals surface area contributed by atoms with Crippen LogP contribution in [0.1, 0.15) is 49.9 Å². The van der Waals surface area contributed by atoms with E-state index in [-0.39, 0.29) is 17.5 Å². The first-order chi connectivity index (χ1) is 10.5. The Labute approximate surface area is 130 Å². The van der Waals surface area contributed by atoms with Crippen LogP contribution in [0.2, 0.25) is 0 Å². The topological polar surface area (TPSA) is 55.4 Å². The van der Waals surface area contributed by atoms with E-state index >= 15 is 0 Å². The monoisotopic (exact) mass is 307 g/mol. The molecule has 1 saturated carbocycles. The van der Waals surface area contributed by atoms with Crippen molar-refractivity contribution < 1.29 is 18.7 Å². The molecule has 5 heteroatoms. The molecule has 1 N–H and O–H groups in total. The highest BCUT2D eigenvalue weighted by Gasteiger charge is 2.27. The third-order valence-corrected chi connectivity index (χ3v) is 4.19. The maximum Gasteiger partial charge on any atom is 0.341 e. The highest BCUT2D eigenvalue weighted by Crippen LogP contribution is 2.23. The SMILES string of the molecule is C[C@@H](OC(=O)c1ccccc1F)C(=O)N[C@@H]1CCCC[C@@H]1C. The minimum Gasteiger partial charge on any atom is -0.449 e. The Morgan fingerprint density at radius 2 is 1.95 bits per heavy atom. The molecular formula is C17H22FNO3. The van der Waals surface area contributed by atoms with Gasteiger partial charge < -0.3 is 10.1 Å². The zero-order chi connectivity index (χ0) is 16.1. The third kappa shape index (κ3) is 4.06. The number of hydrogen-bond donors (Lipinski definition) is 1. The first-order valence-electron chi connectivity index (χ1n) is 7.75. The van der Waals surface area contributed by atoms with Gasteiger partial charge in [-0.25, -0.2) is 9.18 Å². The van der Waals surface area contributed by atoms with E-state index in [1.807, 2.05) is 0 Å². The molecule has 2 rings (SSSR count). The summed E-state index contributed by atoms with van der Waals surface area (Å²) in [6.45, 7) is 3.61. The van der Waals surface area contributed by atoms with Gasteiger partial charge in [-0.1, -0.05) is 31.9 Å². The summed E-state index contributed by atoms with van der Waals surface area (Å²) in [6, 6.07) is 5.69. The number of benzene rings is 1. The van der Waals surface area contributed by atoms with Gasteiger partial charge in [0.15, 0.2) is 6.10 Å². The lowest BCUT2D eigenvalue weighted by atomic mass is 9.86. The molecule has 3 atom stereocenters. The van der Waals surface area contributed by atoms with Crippen molar-refractivity contribution in [2.75, 3.05) is 0 Å². The summed E-state index contributed by atoms with van der Waals surface area (Å²) in [4.78, 5) is 24.0. The number of carbonyl (C=O) groups is 2. The predicted molar refractivity (Wildman–Crippen MR) is 80.8 cm³/mol. The van der Waals surface area contributed by atoms with Crippen molar-refractivity contribution in [3.8, 4) is 0 Å². The van der Waals surface area contributed by atoms with E-state index in [9.17, 15) is 14.0 Å². The van der Waals surface area contributed by atoms with E-state index in [4.69, 9.17) is 4.74 Å². The van der Waals surface area contributed by atoms with Crippen LogP contribution in [0.5, 0.6) is 0 Å². The van der Waals surface area contributed by atoms with Gasteiger partial charge in [0.1, 0.15) is 5.82 Å². The summed E-state index contributed by atoms with van der Waals surface area (Å²) >= 11 is 0. The standard InChI is InChI=1S/C17H22FNO3/c1-11-7-3-6-10-15(11)19-16(20)12(2)22-17(21)13-8-4-5-9-14(13)18/h4-5,8-9,11-12,15H,3,6-7,10H2,1-2H3,(H,19,20)/t11-,12+,15+/m0/s1. The molecule has 0 saturated heterocycles. The van der Waals surface area contributed by atoms with Gasteiger partial charge in [0.2, 0.25) is 0 Å². The molecule has 22 heavy (non-hydrogen) atoms. The van der Waals surface area contributed by atoms with Gasteiger partial charge in [0, 0.05) is 6.04 Å². The number of nitrogens with one attached hydrogen (secondary N) is 1. The fraction of sp³-hybridized carbons (Fsp3) is 0.529. The van der Waals surface area contributed by atoms with Crippen LogP contribution in [0.25, 0.3) is 0 Å². The van der Waals surface area contributed by atoms with Gasteiger partial charge in [-0.05, 0) is 37.8 Å². The minimum atomic E-state index is -0.943. The highest BCUT2D eigenvalue weighted by molar-refractivity contribution is 5.92. The molecule has 0 aromatic heterocycles. The fourth-order valence-corrected chi connectivity index (χ4v) is 2.74. The molecule has 0 spiro atoms. The molecular weight excluding hydrogens is 285 g/mol. The number of carbonyl (C=O) groups excluding carboxylic acids is 2. The molecule has 0 aliphatic heterocycles. The summed E-state index contributed by atoms with van der Waals surface area (Å²) in [6.07, 6.45) is 3.38. The van der Waals surface area contributed by atoms with E-state index in [2.05, 4.69) is 12.2 Å². The summed E-state index contributed by atoms with van der Waals surface area (Å²) in [7, 11) is 0. The van der Waals surface area contributed by atoms with Crippen LogP contribution in [-0.2, 0) is 9.53 Å². The van der Waals surface area contributed by atoms with Gasteiger partial charge in [0.25, 0.3) is 5.91 Å². The van der Waals surface area contributed by atoms with Crippen LogP contribution < -0.4 is 5.32 Å². The molecule has 4 nitrogen and oxygen atoms in total. The number of halogens is 1. The Bertz CT molecular complexity index is 546. The molecule has 0 radical (unpaired) electrons. The van der Waals surface area contributed by atoms with Gasteiger partial charge >= 0.3 is 5.97 Å². The number of amides is 1. The molecule has 1 aromatic carbocycles. The quantitative estimate of drug-likeness (QED) is 0.870. The molecule has 0 bridgehead atoms. The lowest BCUT2D eigenvalue weighted by molar-refractivity contribution is -0.130. The van der Waals surface area contributed by atoms with Crippen molar-refractivity contribution in [1.82, 2.24) is 5.32 Å². The van der Waals surface area contributed by atoms with Crippen molar-refractivity contribution in [3.05, 3.63) is 35.6 Å². The number of ether oxygens (including phenoxy) is 1. The van der Waals surface area contributed by atoms with E-state index in [0.29, 0.717) is 5.92 Å². The molecule has 1 aliphatic rings. The average Bonchev–Trinajstić information content (AvgIpc) is 2.49. The molecule has 1 aliphatic carbocycles. The molecule has 1 fully saturated rings. The maximum absolute atomic E-state index is 13.5. The van der Waals surface area contributed by atoms with Crippen LogP contribution >= 0.6 is 0 Å². The summed E-state index contributed by atoms with van der Waals surface area (Å²) in [5.74, 6) is -1.38. The van der Waals surface area contributed by atoms with Crippen LogP contribution in [0.15, 0.2) is 24.3 Å². The summed E-state index contributed by atoms with van der Waals surface area (Å²) in [5.41, 5.74) is -0.159. The molecule has 0 unspecified atom stereocenters. The smallest absolute Gasteiger partial charge is 0.341 e. The lowest BCUT2D eigenvalue weighted by Crippen LogP contribution is -2.46. The van der Waals surface area contributed by atoms with Crippen molar-refractivity contribution in [1.29, 1.82) is 0 Å². The van der Waals surface area contributed by atoms with E-state index in [0.717, 1.165) is 19.3 Å². The van der Waals surface area contributed by atoms with Gasteiger partial charge in [0.05, 0.1) is 5.56 Å². The lowest BCUT2D eigenvalue weighted by Gasteiger charge is -2.30. The highest BCUT2D eigenvalue weighted by atomic mass is 19.1. The van der Waals surface area contributed by atoms with Crippen LogP contribution in [-0.4, -0.2) is 24.0 Å². The third-order valence-electron chi connectivity index (χ3n) is 4.19. The summed E-state index contributed by atoms with van der Waals surface area (Å²) < 4.78 is 18.6. The van der Waals surface area contributed by atoms with Gasteiger partial charge in [-0.3, -0.25) is 4.79 Å². The Hall–Kier alpha value is -1.91.